The van der Waals surface area contributed by atoms with Gasteiger partial charge in [-0.25, -0.2) is 0 Å². The topological polar surface area (TPSA) is 66.8 Å². The van der Waals surface area contributed by atoms with Gasteiger partial charge < -0.3 is 14.7 Å². The molecule has 0 radical (unpaired) electrons. The van der Waals surface area contributed by atoms with Crippen LogP contribution in [0.2, 0.25) is 0 Å². The predicted molar refractivity (Wildman–Crippen MR) is 79.1 cm³/mol. The van der Waals surface area contributed by atoms with E-state index in [1.165, 1.54) is 0 Å². The number of hydrogen-bond donors (Lipinski definition) is 1. The van der Waals surface area contributed by atoms with E-state index in [4.69, 9.17) is 16.3 Å². The number of hydrogen-bond acceptors (Lipinski definition) is 3. The lowest BCUT2D eigenvalue weighted by molar-refractivity contribution is -0.144. The van der Waals surface area contributed by atoms with E-state index in [0.29, 0.717) is 11.7 Å². The Hall–Kier alpha value is -2.48. The Morgan fingerprint density at radius 2 is 2.14 bits per heavy atom. The number of nitrogens with zero attached hydrogens (tertiary/aromatic N) is 1. The number of amides is 1. The van der Waals surface area contributed by atoms with Gasteiger partial charge in [-0.05, 0) is 23.6 Å². The average Bonchev–Trinajstić information content (AvgIpc) is 2.44. The molecule has 1 amide bonds. The van der Waals surface area contributed by atoms with Crippen molar-refractivity contribution in [2.75, 3.05) is 19.7 Å². The van der Waals surface area contributed by atoms with Crippen molar-refractivity contribution >= 4 is 11.9 Å². The van der Waals surface area contributed by atoms with Crippen LogP contribution in [0.4, 0.5) is 0 Å². The highest BCUT2D eigenvalue weighted by Gasteiger charge is 2.16. The molecule has 0 heterocycles. The number of ether oxygens (including phenoxy) is 1. The molecule has 0 aromatic heterocycles. The summed E-state index contributed by atoms with van der Waals surface area (Å²) in [5.41, 5.74) is 1.10. The van der Waals surface area contributed by atoms with Crippen molar-refractivity contribution in [3.8, 4) is 18.1 Å². The summed E-state index contributed by atoms with van der Waals surface area (Å²) >= 11 is 0. The van der Waals surface area contributed by atoms with E-state index >= 15 is 0 Å². The van der Waals surface area contributed by atoms with E-state index in [-0.39, 0.29) is 13.2 Å². The van der Waals surface area contributed by atoms with E-state index < -0.39 is 18.4 Å². The monoisotopic (exact) mass is 289 g/mol. The van der Waals surface area contributed by atoms with Crippen molar-refractivity contribution in [3.63, 3.8) is 0 Å². The zero-order valence-corrected chi connectivity index (χ0v) is 12.2. The number of aliphatic carboxylic acids is 1. The second-order valence-corrected chi connectivity index (χ2v) is 4.86. The van der Waals surface area contributed by atoms with Crippen LogP contribution < -0.4 is 4.74 Å². The maximum absolute atomic E-state index is 11.9. The molecule has 0 fully saturated rings. The number of carboxylic acids is 1. The minimum atomic E-state index is -1.11. The van der Waals surface area contributed by atoms with Crippen LogP contribution >= 0.6 is 0 Å². The SMILES string of the molecule is C#CCN(CC(=O)O)C(=O)COc1cccc(C(C)C)c1. The molecular formula is C16H19NO4. The number of carbonyl (C=O) groups is 2. The number of carbonyl (C=O) groups excluding carboxylic acids is 1. The molecule has 1 rings (SSSR count). The average molecular weight is 289 g/mol. The quantitative estimate of drug-likeness (QED) is 0.776. The van der Waals surface area contributed by atoms with Crippen LogP contribution in [0.3, 0.4) is 0 Å². The summed E-state index contributed by atoms with van der Waals surface area (Å²) in [6.45, 7) is 3.40. The fourth-order valence-corrected chi connectivity index (χ4v) is 1.71. The zero-order chi connectivity index (χ0) is 15.8. The minimum absolute atomic E-state index is 0.0550. The summed E-state index contributed by atoms with van der Waals surface area (Å²) in [5.74, 6) is 1.63. The first-order chi connectivity index (χ1) is 9.93. The Kier molecular flexibility index (Phi) is 6.28. The van der Waals surface area contributed by atoms with Crippen molar-refractivity contribution < 1.29 is 19.4 Å². The Morgan fingerprint density at radius 3 is 2.71 bits per heavy atom. The van der Waals surface area contributed by atoms with Gasteiger partial charge in [0.05, 0.1) is 6.54 Å². The molecule has 112 valence electrons. The molecule has 21 heavy (non-hydrogen) atoms. The molecule has 1 N–H and O–H groups in total. The maximum atomic E-state index is 11.9. The second-order valence-electron chi connectivity index (χ2n) is 4.86. The molecule has 0 aliphatic rings. The van der Waals surface area contributed by atoms with E-state index in [1.807, 2.05) is 18.2 Å². The van der Waals surface area contributed by atoms with E-state index in [2.05, 4.69) is 19.8 Å². The standard InChI is InChI=1S/C16H19NO4/c1-4-8-17(10-16(19)20)15(18)11-21-14-7-5-6-13(9-14)12(2)3/h1,5-7,9,12H,8,10-11H2,2-3H3,(H,19,20). The van der Waals surface area contributed by atoms with Crippen molar-refractivity contribution in [2.45, 2.75) is 19.8 Å². The van der Waals surface area contributed by atoms with Gasteiger partial charge in [0.15, 0.2) is 6.61 Å². The zero-order valence-electron chi connectivity index (χ0n) is 12.2. The smallest absolute Gasteiger partial charge is 0.323 e. The Morgan fingerprint density at radius 1 is 1.43 bits per heavy atom. The third kappa shape index (κ3) is 5.57. The van der Waals surface area contributed by atoms with Gasteiger partial charge in [-0.3, -0.25) is 9.59 Å². The highest BCUT2D eigenvalue weighted by molar-refractivity contribution is 5.82. The van der Waals surface area contributed by atoms with Crippen molar-refractivity contribution in [1.82, 2.24) is 4.90 Å². The fourth-order valence-electron chi connectivity index (χ4n) is 1.71. The molecule has 0 spiro atoms. The van der Waals surface area contributed by atoms with Crippen LogP contribution in [0.15, 0.2) is 24.3 Å². The first-order valence-corrected chi connectivity index (χ1v) is 6.59. The van der Waals surface area contributed by atoms with Crippen molar-refractivity contribution in [1.29, 1.82) is 0 Å². The molecule has 1 aromatic carbocycles. The van der Waals surface area contributed by atoms with Gasteiger partial charge in [-0.2, -0.15) is 0 Å². The van der Waals surface area contributed by atoms with Gasteiger partial charge in [-0.15, -0.1) is 6.42 Å². The van der Waals surface area contributed by atoms with Crippen LogP contribution in [0.5, 0.6) is 5.75 Å². The van der Waals surface area contributed by atoms with E-state index in [9.17, 15) is 9.59 Å². The number of benzene rings is 1. The number of carboxylic acid groups (broad SMARTS) is 1. The minimum Gasteiger partial charge on any atom is -0.484 e. The summed E-state index contributed by atoms with van der Waals surface area (Å²) < 4.78 is 5.41. The van der Waals surface area contributed by atoms with Crippen LogP contribution in [-0.2, 0) is 9.59 Å². The summed E-state index contributed by atoms with van der Waals surface area (Å²) in [6, 6.07) is 7.45. The van der Waals surface area contributed by atoms with Crippen LogP contribution in [-0.4, -0.2) is 41.6 Å². The number of rotatable bonds is 7. The normalized spacial score (nSPS) is 10.0. The summed E-state index contributed by atoms with van der Waals surface area (Å²) in [6.07, 6.45) is 5.13. The second kappa shape index (κ2) is 7.95. The molecular weight excluding hydrogens is 270 g/mol. The summed E-state index contributed by atoms with van der Waals surface area (Å²) in [4.78, 5) is 23.6. The Balaban J connectivity index is 2.64. The lowest BCUT2D eigenvalue weighted by atomic mass is 10.0. The molecule has 0 bridgehead atoms. The van der Waals surface area contributed by atoms with Gasteiger partial charge >= 0.3 is 5.97 Å². The molecule has 5 nitrogen and oxygen atoms in total. The molecule has 0 atom stereocenters. The Labute approximate surface area is 124 Å². The van der Waals surface area contributed by atoms with Crippen LogP contribution in [0.1, 0.15) is 25.3 Å². The Bertz CT molecular complexity index is 545. The molecule has 0 aliphatic heterocycles. The van der Waals surface area contributed by atoms with Gasteiger partial charge in [-0.1, -0.05) is 31.9 Å². The van der Waals surface area contributed by atoms with Gasteiger partial charge in [0.2, 0.25) is 0 Å². The largest absolute Gasteiger partial charge is 0.484 e. The molecule has 0 saturated heterocycles. The first kappa shape index (κ1) is 16.6. The molecule has 5 heteroatoms. The molecule has 0 saturated carbocycles. The van der Waals surface area contributed by atoms with Crippen LogP contribution in [0, 0.1) is 12.3 Å². The predicted octanol–water partition coefficient (Wildman–Crippen LogP) is 1.74. The lowest BCUT2D eigenvalue weighted by Gasteiger charge is -2.18. The summed E-state index contributed by atoms with van der Waals surface area (Å²) in [5, 5.41) is 8.74. The van der Waals surface area contributed by atoms with Crippen molar-refractivity contribution in [2.24, 2.45) is 0 Å². The van der Waals surface area contributed by atoms with E-state index in [1.54, 1.807) is 6.07 Å². The van der Waals surface area contributed by atoms with Crippen molar-refractivity contribution in [3.05, 3.63) is 29.8 Å². The molecule has 1 aromatic rings. The third-order valence-corrected chi connectivity index (χ3v) is 2.85. The third-order valence-electron chi connectivity index (χ3n) is 2.85. The van der Waals surface area contributed by atoms with Gasteiger partial charge in [0.25, 0.3) is 5.91 Å². The number of terminal acetylenes is 1. The molecule has 0 aliphatic carbocycles. The lowest BCUT2D eigenvalue weighted by Crippen LogP contribution is -2.38. The molecule has 0 unspecified atom stereocenters. The van der Waals surface area contributed by atoms with E-state index in [0.717, 1.165) is 10.5 Å². The summed E-state index contributed by atoms with van der Waals surface area (Å²) in [7, 11) is 0. The maximum Gasteiger partial charge on any atom is 0.323 e. The highest BCUT2D eigenvalue weighted by atomic mass is 16.5. The highest BCUT2D eigenvalue weighted by Crippen LogP contribution is 2.20. The van der Waals surface area contributed by atoms with Crippen LogP contribution in [0.25, 0.3) is 0 Å². The van der Waals surface area contributed by atoms with Gasteiger partial charge in [0.1, 0.15) is 12.3 Å². The first-order valence-electron chi connectivity index (χ1n) is 6.59. The van der Waals surface area contributed by atoms with Gasteiger partial charge in [0, 0.05) is 0 Å². The fraction of sp³-hybridized carbons (Fsp3) is 0.375.